The summed E-state index contributed by atoms with van der Waals surface area (Å²) >= 11 is 0. The van der Waals surface area contributed by atoms with Crippen molar-refractivity contribution < 1.29 is 4.79 Å². The first-order chi connectivity index (χ1) is 11.5. The molecule has 0 unspecified atom stereocenters. The molecule has 0 amide bonds. The maximum atomic E-state index is 12.0. The molecule has 3 aromatic carbocycles. The molecule has 0 spiro atoms. The zero-order chi connectivity index (χ0) is 17.2. The highest BCUT2D eigenvalue weighted by Gasteiger charge is 2.35. The molecule has 0 aliphatic rings. The lowest BCUT2D eigenvalue weighted by Gasteiger charge is -2.33. The largest absolute Gasteiger partial charge is 0.300 e. The third-order valence-electron chi connectivity index (χ3n) is 5.06. The fraction of sp³-hybridized carbons (Fsp3) is 0.227. The molecule has 1 atom stereocenters. The molecule has 3 rings (SSSR count). The van der Waals surface area contributed by atoms with Gasteiger partial charge in [-0.25, -0.2) is 0 Å². The minimum Gasteiger partial charge on any atom is -0.300 e. The number of rotatable bonds is 5. The van der Waals surface area contributed by atoms with Crippen molar-refractivity contribution in [1.82, 2.24) is 0 Å². The Labute approximate surface area is 145 Å². The summed E-state index contributed by atoms with van der Waals surface area (Å²) in [6.45, 7) is 6.47. The Morgan fingerprint density at radius 2 is 1.50 bits per heavy atom. The summed E-state index contributed by atoms with van der Waals surface area (Å²) in [4.78, 5) is 12.0. The van der Waals surface area contributed by atoms with Gasteiger partial charge in [-0.3, -0.25) is 0 Å². The number of ketones is 1. The molecule has 1 nitrogen and oxygen atoms in total. The summed E-state index contributed by atoms with van der Waals surface area (Å²) in [7, 11) is -1.82. The number of carbonyl (C=O) groups excluding carboxylic acids is 1. The van der Waals surface area contributed by atoms with E-state index in [2.05, 4.69) is 85.9 Å². The number of Topliss-reactive ketones (excluding diaryl/α,β-unsaturated/α-hetero) is 1. The third-order valence-corrected chi connectivity index (χ3v) is 9.16. The van der Waals surface area contributed by atoms with E-state index in [1.807, 2.05) is 0 Å². The molecule has 0 saturated carbocycles. The lowest BCUT2D eigenvalue weighted by Crippen LogP contribution is -2.48. The van der Waals surface area contributed by atoms with E-state index in [0.29, 0.717) is 12.0 Å². The van der Waals surface area contributed by atoms with Crippen molar-refractivity contribution >= 4 is 29.8 Å². The second-order valence-electron chi connectivity index (χ2n) is 7.15. The minimum atomic E-state index is -1.82. The van der Waals surface area contributed by atoms with Gasteiger partial charge in [0, 0.05) is 6.42 Å². The van der Waals surface area contributed by atoms with Crippen molar-refractivity contribution in [3.05, 3.63) is 78.4 Å². The first-order valence-electron chi connectivity index (χ1n) is 8.52. The quantitative estimate of drug-likeness (QED) is 0.597. The zero-order valence-electron chi connectivity index (χ0n) is 14.6. The van der Waals surface area contributed by atoms with E-state index in [4.69, 9.17) is 0 Å². The van der Waals surface area contributed by atoms with E-state index in [-0.39, 0.29) is 5.78 Å². The number of carbonyl (C=O) groups is 1. The highest BCUT2D eigenvalue weighted by atomic mass is 28.3. The first-order valence-corrected chi connectivity index (χ1v) is 11.6. The van der Waals surface area contributed by atoms with Gasteiger partial charge in [-0.05, 0) is 28.8 Å². The Morgan fingerprint density at radius 3 is 2.17 bits per heavy atom. The van der Waals surface area contributed by atoms with Crippen LogP contribution in [0.15, 0.2) is 72.8 Å². The normalized spacial score (nSPS) is 13.0. The fourth-order valence-corrected chi connectivity index (χ4v) is 6.84. The van der Waals surface area contributed by atoms with Gasteiger partial charge in [0.1, 0.15) is 5.78 Å². The molecule has 122 valence electrons. The lowest BCUT2D eigenvalue weighted by molar-refractivity contribution is -0.117. The predicted molar refractivity (Wildman–Crippen MR) is 106 cm³/mol. The lowest BCUT2D eigenvalue weighted by atomic mass is 10.0. The Kier molecular flexibility index (Phi) is 4.68. The van der Waals surface area contributed by atoms with E-state index in [9.17, 15) is 4.79 Å². The molecular weight excluding hydrogens is 308 g/mol. The summed E-state index contributed by atoms with van der Waals surface area (Å²) in [6.07, 6.45) is 0.618. The molecule has 0 saturated heterocycles. The zero-order valence-corrected chi connectivity index (χ0v) is 15.6. The van der Waals surface area contributed by atoms with Gasteiger partial charge in [-0.1, -0.05) is 91.1 Å². The average Bonchev–Trinajstić information content (AvgIpc) is 2.60. The number of hydrogen-bond donors (Lipinski definition) is 0. The summed E-state index contributed by atoms with van der Waals surface area (Å²) in [5.74, 6) is 0.268. The molecule has 24 heavy (non-hydrogen) atoms. The van der Waals surface area contributed by atoms with Crippen LogP contribution in [0.1, 0.15) is 24.4 Å². The van der Waals surface area contributed by atoms with Gasteiger partial charge in [0.2, 0.25) is 0 Å². The van der Waals surface area contributed by atoms with E-state index >= 15 is 0 Å². The topological polar surface area (TPSA) is 17.1 Å². The Balaban J connectivity index is 2.09. The molecule has 0 heterocycles. The molecule has 0 radical (unpaired) electrons. The molecule has 0 aromatic heterocycles. The molecule has 0 N–H and O–H groups in total. The Morgan fingerprint density at radius 1 is 0.875 bits per heavy atom. The van der Waals surface area contributed by atoms with Crippen LogP contribution in [0.25, 0.3) is 10.8 Å². The molecular formula is C22H24OSi. The van der Waals surface area contributed by atoms with Crippen molar-refractivity contribution in [2.75, 3.05) is 0 Å². The van der Waals surface area contributed by atoms with Gasteiger partial charge in [0.15, 0.2) is 0 Å². The van der Waals surface area contributed by atoms with Crippen LogP contribution in [-0.4, -0.2) is 13.9 Å². The van der Waals surface area contributed by atoms with Crippen LogP contribution in [0.4, 0.5) is 0 Å². The van der Waals surface area contributed by atoms with Crippen LogP contribution in [-0.2, 0) is 4.79 Å². The molecule has 0 aliphatic heterocycles. The van der Waals surface area contributed by atoms with Crippen LogP contribution in [0, 0.1) is 0 Å². The number of benzene rings is 3. The monoisotopic (exact) mass is 332 g/mol. The Bertz CT molecular complexity index is 852. The number of hydrogen-bond acceptors (Lipinski definition) is 1. The summed E-state index contributed by atoms with van der Waals surface area (Å²) in [5, 5.41) is 3.91. The average molecular weight is 333 g/mol. The fourth-order valence-electron chi connectivity index (χ4n) is 3.57. The maximum absolute atomic E-state index is 12.0. The van der Waals surface area contributed by atoms with Crippen molar-refractivity contribution in [2.24, 2.45) is 0 Å². The van der Waals surface area contributed by atoms with E-state index in [0.717, 1.165) is 0 Å². The summed E-state index contributed by atoms with van der Waals surface area (Å²) in [6, 6.07) is 25.8. The molecule has 3 aromatic rings. The van der Waals surface area contributed by atoms with Crippen LogP contribution in [0.3, 0.4) is 0 Å². The van der Waals surface area contributed by atoms with Crippen LogP contribution in [0.2, 0.25) is 13.1 Å². The number of fused-ring (bicyclic) bond motifs is 1. The van der Waals surface area contributed by atoms with E-state index in [1.54, 1.807) is 6.92 Å². The van der Waals surface area contributed by atoms with Gasteiger partial charge in [-0.2, -0.15) is 0 Å². The van der Waals surface area contributed by atoms with Crippen molar-refractivity contribution in [3.63, 3.8) is 0 Å². The predicted octanol–water partition coefficient (Wildman–Crippen LogP) is 5.06. The van der Waals surface area contributed by atoms with Crippen molar-refractivity contribution in [2.45, 2.75) is 32.0 Å². The minimum absolute atomic E-state index is 0.268. The van der Waals surface area contributed by atoms with Crippen molar-refractivity contribution in [1.29, 1.82) is 0 Å². The standard InChI is InChI=1S/C22H24OSi/c1-17(23)15-22(24(2,3)21-11-5-4-6-12-21)20-14-13-18-9-7-8-10-19(18)16-20/h4-14,16,22H,15H2,1-3H3/t22-/m0/s1. The SMILES string of the molecule is CC(=O)C[C@@H](c1ccc2ccccc2c1)[Si](C)(C)c1ccccc1. The maximum Gasteiger partial charge on any atom is 0.130 e. The van der Waals surface area contributed by atoms with Gasteiger partial charge in [0.25, 0.3) is 0 Å². The second-order valence-corrected chi connectivity index (χ2v) is 11.9. The van der Waals surface area contributed by atoms with Gasteiger partial charge >= 0.3 is 0 Å². The van der Waals surface area contributed by atoms with Crippen molar-refractivity contribution in [3.8, 4) is 0 Å². The highest BCUT2D eigenvalue weighted by Crippen LogP contribution is 2.32. The molecule has 0 bridgehead atoms. The van der Waals surface area contributed by atoms with E-state index < -0.39 is 8.07 Å². The van der Waals surface area contributed by atoms with E-state index in [1.165, 1.54) is 21.5 Å². The van der Waals surface area contributed by atoms with Gasteiger partial charge in [-0.15, -0.1) is 0 Å². The van der Waals surface area contributed by atoms with Gasteiger partial charge in [0.05, 0.1) is 8.07 Å². The molecule has 0 fully saturated rings. The van der Waals surface area contributed by atoms with Crippen LogP contribution < -0.4 is 5.19 Å². The smallest absolute Gasteiger partial charge is 0.130 e. The summed E-state index contributed by atoms with van der Waals surface area (Å²) < 4.78 is 0. The third kappa shape index (κ3) is 3.34. The first kappa shape index (κ1) is 16.7. The second kappa shape index (κ2) is 6.74. The van der Waals surface area contributed by atoms with Crippen LogP contribution in [0.5, 0.6) is 0 Å². The Hall–Kier alpha value is -2.19. The molecule has 2 heteroatoms. The molecule has 0 aliphatic carbocycles. The van der Waals surface area contributed by atoms with Gasteiger partial charge < -0.3 is 4.79 Å². The van der Waals surface area contributed by atoms with Crippen LogP contribution >= 0.6 is 0 Å². The summed E-state index contributed by atoms with van der Waals surface area (Å²) in [5.41, 5.74) is 1.59. The highest BCUT2D eigenvalue weighted by molar-refractivity contribution is 6.91.